The lowest BCUT2D eigenvalue weighted by Crippen LogP contribution is -2.60. The first-order valence-corrected chi connectivity index (χ1v) is 36.0. The molecule has 36 heteroatoms. The Kier molecular flexibility index (Phi) is 35.9. The van der Waals surface area contributed by atoms with Gasteiger partial charge >= 0.3 is 0 Å². The van der Waals surface area contributed by atoms with E-state index < -0.39 is 181 Å². The van der Waals surface area contributed by atoms with E-state index in [4.69, 9.17) is 17.2 Å². The van der Waals surface area contributed by atoms with Crippen LogP contribution in [0, 0.1) is 5.92 Å². The van der Waals surface area contributed by atoms with Crippen molar-refractivity contribution < 1.29 is 77.0 Å². The van der Waals surface area contributed by atoms with Crippen LogP contribution in [-0.2, 0) is 97.6 Å². The Morgan fingerprint density at radius 1 is 0.514 bits per heavy atom. The van der Waals surface area contributed by atoms with Crippen LogP contribution in [-0.4, -0.2) is 226 Å². The molecule has 10 atom stereocenters. The van der Waals surface area contributed by atoms with Crippen molar-refractivity contribution in [3.63, 3.8) is 0 Å². The van der Waals surface area contributed by atoms with Crippen LogP contribution < -0.4 is 81.0 Å². The van der Waals surface area contributed by atoms with Crippen LogP contribution in [0.4, 0.5) is 0 Å². The van der Waals surface area contributed by atoms with Crippen molar-refractivity contribution in [1.29, 1.82) is 0 Å². The van der Waals surface area contributed by atoms with Crippen molar-refractivity contribution in [1.82, 2.24) is 83.7 Å². The standard InChI is InChI=1S/C71H99N19O16S/c1-7-8-22-48(62(74)97)84-68(103)51(29-43-19-13-10-14-20-43)86-69(104)53(31-45-33-75-39-79-45)81-58(94)26-27-76-71(106)61(40(2)3)89-63(98)41(4)80-66(101)52(30-44-32-77-47-23-16-15-21-46(44)47)87-65(100)49(24-25-56(72)92)85-67(102)50(28-42-17-11-9-12-18-42)82-59(95)34-78-64(99)55(37-107-38-57(73)93)88-70(105)54(36-91)83-60(96)35-90(5)6/h9-21,23,32-33,39-41,48-55,61,77,91H,7-8,22,24-31,34-38H2,1-6H3,(H2,72,92)(H2,73,93)(H2,74,97)(H,75,79)(H,76,106)(H,78,99)(H,80,101)(H,81,94)(H,82,95)(H,83,96)(H,84,103)(H,85,102)(H,86,104)(H,87,100)(H,88,105)(H,89,98)/t41-,48-,49-,50+,51-,52-,53-,54-,55-,61-/m0/s1. The number of amides is 15. The molecular formula is C71H99N19O16S. The lowest BCUT2D eigenvalue weighted by Gasteiger charge is -2.27. The van der Waals surface area contributed by atoms with E-state index in [2.05, 4.69) is 78.8 Å². The summed E-state index contributed by atoms with van der Waals surface area (Å²) in [5.74, 6) is -13.6. The number of aliphatic hydroxyl groups excluding tert-OH is 1. The van der Waals surface area contributed by atoms with Crippen LogP contribution in [0.2, 0.25) is 0 Å². The number of carbonyl (C=O) groups excluding carboxylic acids is 15. The quantitative estimate of drug-likeness (QED) is 0.0177. The average Bonchev–Trinajstić information content (AvgIpc) is 1.73. The highest BCUT2D eigenvalue weighted by atomic mass is 32.2. The van der Waals surface area contributed by atoms with Crippen molar-refractivity contribution in [3.05, 3.63) is 126 Å². The number of likely N-dealkylation sites (N-methyl/N-ethyl adjacent to an activating group) is 1. The van der Waals surface area contributed by atoms with Gasteiger partial charge in [0.05, 0.1) is 31.8 Å². The molecule has 0 unspecified atom stereocenters. The van der Waals surface area contributed by atoms with E-state index in [1.165, 1.54) is 24.3 Å². The number of hydrogen-bond donors (Lipinski definition) is 18. The Balaban J connectivity index is 1.29. The van der Waals surface area contributed by atoms with Crippen molar-refractivity contribution >= 4 is 111 Å². The number of aliphatic hydroxyl groups is 1. The Morgan fingerprint density at radius 2 is 1.05 bits per heavy atom. The zero-order valence-corrected chi connectivity index (χ0v) is 61.4. The van der Waals surface area contributed by atoms with Gasteiger partial charge in [-0.3, -0.25) is 71.9 Å². The lowest BCUT2D eigenvalue weighted by molar-refractivity contribution is -0.135. The summed E-state index contributed by atoms with van der Waals surface area (Å²) in [7, 11) is 3.20. The van der Waals surface area contributed by atoms with Gasteiger partial charge in [0.15, 0.2) is 0 Å². The summed E-state index contributed by atoms with van der Waals surface area (Å²) in [6.45, 7) is 4.41. The smallest absolute Gasteiger partial charge is 0.245 e. The zero-order chi connectivity index (χ0) is 78.7. The van der Waals surface area contributed by atoms with Gasteiger partial charge in [-0.2, -0.15) is 0 Å². The fourth-order valence-electron chi connectivity index (χ4n) is 10.9. The fraction of sp³-hybridized carbons (Fsp3) is 0.465. The van der Waals surface area contributed by atoms with Gasteiger partial charge in [-0.1, -0.05) is 112 Å². The van der Waals surface area contributed by atoms with Gasteiger partial charge in [-0.15, -0.1) is 11.8 Å². The van der Waals surface area contributed by atoms with E-state index >= 15 is 0 Å². The predicted octanol–water partition coefficient (Wildman–Crippen LogP) is -3.98. The number of carbonyl (C=O) groups is 15. The molecule has 0 bridgehead atoms. The molecular weight excluding hydrogens is 1410 g/mol. The molecule has 0 fully saturated rings. The largest absolute Gasteiger partial charge is 0.394 e. The highest BCUT2D eigenvalue weighted by molar-refractivity contribution is 8.00. The summed E-state index contributed by atoms with van der Waals surface area (Å²) in [5.41, 5.74) is 19.3. The van der Waals surface area contributed by atoms with E-state index in [0.29, 0.717) is 39.7 Å². The van der Waals surface area contributed by atoms with Crippen molar-refractivity contribution in [2.45, 2.75) is 152 Å². The van der Waals surface area contributed by atoms with Gasteiger partial charge in [0.25, 0.3) is 0 Å². The molecule has 0 saturated heterocycles. The molecule has 0 aliphatic heterocycles. The lowest BCUT2D eigenvalue weighted by atomic mass is 10.0. The minimum atomic E-state index is -1.64. The Morgan fingerprint density at radius 3 is 1.62 bits per heavy atom. The minimum Gasteiger partial charge on any atom is -0.394 e. The van der Waals surface area contributed by atoms with Gasteiger partial charge in [0.2, 0.25) is 88.6 Å². The molecule has 21 N–H and O–H groups in total. The molecule has 0 aliphatic carbocycles. The third-order valence-corrected chi connectivity index (χ3v) is 17.6. The van der Waals surface area contributed by atoms with E-state index in [1.54, 1.807) is 119 Å². The monoisotopic (exact) mass is 1510 g/mol. The number of para-hydroxylation sites is 1. The Hall–Kier alpha value is -11.3. The molecule has 0 saturated carbocycles. The van der Waals surface area contributed by atoms with Gasteiger partial charge in [0, 0.05) is 79.8 Å². The van der Waals surface area contributed by atoms with Crippen LogP contribution in [0.25, 0.3) is 10.9 Å². The van der Waals surface area contributed by atoms with Crippen molar-refractivity contribution in [3.8, 4) is 0 Å². The molecule has 35 nitrogen and oxygen atoms in total. The summed E-state index contributed by atoms with van der Waals surface area (Å²) in [5, 5.41) is 41.4. The van der Waals surface area contributed by atoms with Crippen LogP contribution in [0.1, 0.15) is 88.6 Å². The molecule has 107 heavy (non-hydrogen) atoms. The maximum Gasteiger partial charge on any atom is 0.245 e. The van der Waals surface area contributed by atoms with Gasteiger partial charge in [0.1, 0.15) is 60.4 Å². The average molecular weight is 1510 g/mol. The van der Waals surface area contributed by atoms with Gasteiger partial charge in [-0.05, 0) is 62.5 Å². The predicted molar refractivity (Wildman–Crippen MR) is 394 cm³/mol. The number of rotatable bonds is 47. The number of fused-ring (bicyclic) bond motifs is 1. The Bertz CT molecular complexity index is 3840. The summed E-state index contributed by atoms with van der Waals surface area (Å²) in [6.07, 6.45) is 4.23. The molecule has 0 aliphatic rings. The number of hydrogen-bond acceptors (Lipinski definition) is 19. The molecule has 580 valence electrons. The molecule has 2 aromatic heterocycles. The second kappa shape index (κ2) is 44.5. The number of primary amides is 3. The number of aromatic amines is 2. The van der Waals surface area contributed by atoms with Gasteiger partial charge in [-0.25, -0.2) is 4.98 Å². The van der Waals surface area contributed by atoms with E-state index in [0.717, 1.165) is 18.2 Å². The number of benzene rings is 3. The normalized spacial score (nSPS) is 13.9. The molecule has 0 radical (unpaired) electrons. The third-order valence-electron chi connectivity index (χ3n) is 16.6. The maximum absolute atomic E-state index is 14.7. The first kappa shape index (κ1) is 86.4. The fourth-order valence-corrected chi connectivity index (χ4v) is 11.7. The number of H-pyrrole nitrogens is 2. The zero-order valence-electron chi connectivity index (χ0n) is 60.6. The van der Waals surface area contributed by atoms with Gasteiger partial charge < -0.3 is 101 Å². The SMILES string of the molecule is CCCC[C@H](NC(=O)[C@H](Cc1ccccc1)NC(=O)[C@H](Cc1cnc[nH]1)NC(=O)CCNC(=O)[C@@H](NC(=O)[C@H](C)NC(=O)[C@H](Cc1c[nH]c2ccccc12)NC(=O)[C@H](CCC(N)=O)NC(=O)[C@@H](Cc1ccccc1)NC(=O)CNC(=O)[C@H](CSCC(N)=O)NC(=O)[C@H](CO)NC(=O)CN(C)C)C(C)C)C(N)=O. The highest BCUT2D eigenvalue weighted by Gasteiger charge is 2.36. The number of thioether (sulfide) groups is 1. The van der Waals surface area contributed by atoms with Crippen molar-refractivity contribution in [2.24, 2.45) is 23.1 Å². The van der Waals surface area contributed by atoms with E-state index in [1.807, 2.05) is 6.92 Å². The van der Waals surface area contributed by atoms with Crippen LogP contribution in [0.3, 0.4) is 0 Å². The van der Waals surface area contributed by atoms with Crippen LogP contribution >= 0.6 is 11.8 Å². The molecule has 5 aromatic rings. The van der Waals surface area contributed by atoms with Crippen LogP contribution in [0.5, 0.6) is 0 Å². The third kappa shape index (κ3) is 30.4. The highest BCUT2D eigenvalue weighted by Crippen LogP contribution is 2.20. The number of imidazole rings is 1. The number of nitrogens with two attached hydrogens (primary N) is 3. The first-order valence-electron chi connectivity index (χ1n) is 34.8. The molecule has 3 aromatic carbocycles. The second-order valence-electron chi connectivity index (χ2n) is 26.1. The number of unbranched alkanes of at least 4 members (excludes halogenated alkanes) is 1. The number of nitrogens with one attached hydrogen (secondary N) is 14. The number of aromatic nitrogens is 3. The molecule has 5 rings (SSSR count). The second-order valence-corrected chi connectivity index (χ2v) is 27.1. The summed E-state index contributed by atoms with van der Waals surface area (Å²) >= 11 is 0.862. The van der Waals surface area contributed by atoms with Crippen molar-refractivity contribution in [2.75, 3.05) is 51.8 Å². The molecule has 2 heterocycles. The topological polar surface area (TPSA) is 546 Å². The summed E-state index contributed by atoms with van der Waals surface area (Å²) in [6, 6.07) is 10.4. The van der Waals surface area contributed by atoms with E-state index in [9.17, 15) is 77.0 Å². The minimum absolute atomic E-state index is 0.0133. The van der Waals surface area contributed by atoms with E-state index in [-0.39, 0.29) is 63.1 Å². The number of nitrogens with zero attached hydrogens (tertiary/aromatic N) is 2. The maximum atomic E-state index is 14.7. The molecule has 0 spiro atoms. The summed E-state index contributed by atoms with van der Waals surface area (Å²) in [4.78, 5) is 214. The Labute approximate surface area is 622 Å². The summed E-state index contributed by atoms with van der Waals surface area (Å²) < 4.78 is 0. The van der Waals surface area contributed by atoms with Crippen LogP contribution in [0.15, 0.2) is 104 Å². The molecule has 15 amide bonds. The first-order chi connectivity index (χ1) is 50.9.